The number of carbonyl (C=O) groups is 1. The maximum absolute atomic E-state index is 13.2. The summed E-state index contributed by atoms with van der Waals surface area (Å²) in [5, 5.41) is 10.4. The van der Waals surface area contributed by atoms with Gasteiger partial charge in [0.05, 0.1) is 17.4 Å². The van der Waals surface area contributed by atoms with Crippen molar-refractivity contribution in [3.63, 3.8) is 0 Å². The molecule has 29 heavy (non-hydrogen) atoms. The van der Waals surface area contributed by atoms with E-state index in [1.165, 1.54) is 6.07 Å². The summed E-state index contributed by atoms with van der Waals surface area (Å²) in [5.74, 6) is -0.196. The molecule has 0 amide bonds. The van der Waals surface area contributed by atoms with Gasteiger partial charge in [-0.15, -0.1) is 0 Å². The fraction of sp³-hybridized carbons (Fsp3) is 0.417. The van der Waals surface area contributed by atoms with E-state index >= 15 is 0 Å². The van der Waals surface area contributed by atoms with Gasteiger partial charge in [-0.2, -0.15) is 5.26 Å². The lowest BCUT2D eigenvalue weighted by Crippen LogP contribution is -2.29. The van der Waals surface area contributed by atoms with Crippen molar-refractivity contribution in [2.24, 2.45) is 16.8 Å². The van der Waals surface area contributed by atoms with Crippen LogP contribution in [-0.2, 0) is 4.79 Å². The predicted octanol–water partition coefficient (Wildman–Crippen LogP) is 5.08. The number of aryl methyl sites for hydroxylation is 1. The molecular formula is C24H26N2O3. The number of aliphatic imine (C=N–C) groups is 1. The molecule has 1 aromatic heterocycles. The van der Waals surface area contributed by atoms with Gasteiger partial charge in [0.2, 0.25) is 0 Å². The molecule has 0 saturated carbocycles. The Morgan fingerprint density at radius 2 is 2.00 bits per heavy atom. The molecule has 5 heteroatoms. The van der Waals surface area contributed by atoms with Crippen LogP contribution in [0.2, 0.25) is 0 Å². The number of fused-ring (bicyclic) bond motifs is 1. The minimum absolute atomic E-state index is 0.00435. The number of benzene rings is 1. The number of carbonyl (C=O) groups excluding carboxylic acids is 1. The maximum atomic E-state index is 13.2. The highest BCUT2D eigenvalue weighted by atomic mass is 16.3. The topological polar surface area (TPSA) is 83.4 Å². The quantitative estimate of drug-likeness (QED) is 0.713. The molecule has 0 saturated heterocycles. The van der Waals surface area contributed by atoms with Crippen LogP contribution in [-0.4, -0.2) is 11.5 Å². The molecule has 1 aliphatic rings. The van der Waals surface area contributed by atoms with Crippen molar-refractivity contribution in [1.82, 2.24) is 0 Å². The summed E-state index contributed by atoms with van der Waals surface area (Å²) in [4.78, 5) is 30.2. The van der Waals surface area contributed by atoms with Crippen LogP contribution in [0.4, 0.5) is 0 Å². The number of nitriles is 1. The lowest BCUT2D eigenvalue weighted by Gasteiger charge is -2.30. The molecule has 3 rings (SSSR count). The Bertz CT molecular complexity index is 1130. The van der Waals surface area contributed by atoms with E-state index in [4.69, 9.17) is 4.42 Å². The number of allylic oxidation sites excluding steroid dienone is 2. The van der Waals surface area contributed by atoms with Crippen molar-refractivity contribution in [2.45, 2.75) is 53.4 Å². The van der Waals surface area contributed by atoms with Gasteiger partial charge in [-0.1, -0.05) is 26.0 Å². The fourth-order valence-corrected chi connectivity index (χ4v) is 4.02. The zero-order valence-corrected chi connectivity index (χ0v) is 17.6. The van der Waals surface area contributed by atoms with E-state index in [1.807, 2.05) is 19.9 Å². The van der Waals surface area contributed by atoms with Crippen molar-refractivity contribution in [1.29, 1.82) is 5.26 Å². The van der Waals surface area contributed by atoms with E-state index < -0.39 is 11.8 Å². The van der Waals surface area contributed by atoms with Crippen LogP contribution in [0.5, 0.6) is 0 Å². The molecule has 2 heterocycles. The molecule has 150 valence electrons. The van der Waals surface area contributed by atoms with Crippen molar-refractivity contribution in [3.8, 4) is 6.07 Å². The minimum Gasteiger partial charge on any atom is -0.461 e. The van der Waals surface area contributed by atoms with Gasteiger partial charge in [0.15, 0.2) is 11.2 Å². The van der Waals surface area contributed by atoms with Gasteiger partial charge in [0, 0.05) is 41.0 Å². The Morgan fingerprint density at radius 3 is 2.66 bits per heavy atom. The van der Waals surface area contributed by atoms with Crippen LogP contribution in [0.25, 0.3) is 11.0 Å². The Kier molecular flexibility index (Phi) is 5.83. The van der Waals surface area contributed by atoms with Gasteiger partial charge in [-0.05, 0) is 39.2 Å². The molecule has 0 spiro atoms. The highest BCUT2D eigenvalue weighted by Crippen LogP contribution is 2.42. The zero-order valence-electron chi connectivity index (χ0n) is 17.6. The van der Waals surface area contributed by atoms with Crippen molar-refractivity contribution < 1.29 is 9.21 Å². The Balaban J connectivity index is 2.25. The SMILES string of the molecule is CC1=NC(C)=C(C(=O)CCC(C)C)C(c2cccc3c(=O)cc(C)oc23)C1C#N. The number of para-hydroxylation sites is 1. The van der Waals surface area contributed by atoms with E-state index in [1.54, 1.807) is 19.1 Å². The molecule has 0 N–H and O–H groups in total. The van der Waals surface area contributed by atoms with Crippen LogP contribution in [0.15, 0.2) is 49.7 Å². The zero-order chi connectivity index (χ0) is 21.3. The molecule has 1 aromatic carbocycles. The fourth-order valence-electron chi connectivity index (χ4n) is 4.02. The first-order valence-corrected chi connectivity index (χ1v) is 9.96. The van der Waals surface area contributed by atoms with Crippen molar-refractivity contribution >= 4 is 22.5 Å². The van der Waals surface area contributed by atoms with Gasteiger partial charge in [0.1, 0.15) is 11.3 Å². The summed E-state index contributed by atoms with van der Waals surface area (Å²) in [6.45, 7) is 9.51. The van der Waals surface area contributed by atoms with Gasteiger partial charge in [-0.3, -0.25) is 14.6 Å². The third-order valence-corrected chi connectivity index (χ3v) is 5.46. The summed E-state index contributed by atoms with van der Waals surface area (Å²) in [7, 11) is 0. The molecule has 0 bridgehead atoms. The number of Topliss-reactive ketones (excluding diaryl/α,β-unsaturated/α-hetero) is 1. The van der Waals surface area contributed by atoms with E-state index in [9.17, 15) is 14.9 Å². The van der Waals surface area contributed by atoms with Crippen LogP contribution in [0.1, 0.15) is 57.8 Å². The van der Waals surface area contributed by atoms with Gasteiger partial charge >= 0.3 is 0 Å². The second-order valence-corrected chi connectivity index (χ2v) is 8.14. The number of hydrogen-bond acceptors (Lipinski definition) is 5. The highest BCUT2D eigenvalue weighted by Gasteiger charge is 2.38. The average Bonchev–Trinajstić information content (AvgIpc) is 2.65. The van der Waals surface area contributed by atoms with Gasteiger partial charge in [0.25, 0.3) is 0 Å². The lowest BCUT2D eigenvalue weighted by molar-refractivity contribution is -0.116. The van der Waals surface area contributed by atoms with Crippen LogP contribution in [0, 0.1) is 30.1 Å². The normalized spacial score (nSPS) is 19.4. The molecule has 5 nitrogen and oxygen atoms in total. The number of ketones is 1. The van der Waals surface area contributed by atoms with Crippen molar-refractivity contribution in [3.05, 3.63) is 57.1 Å². The van der Waals surface area contributed by atoms with E-state index in [2.05, 4.69) is 24.9 Å². The summed E-state index contributed by atoms with van der Waals surface area (Å²) >= 11 is 0. The second kappa shape index (κ2) is 8.16. The lowest BCUT2D eigenvalue weighted by atomic mass is 9.74. The first kappa shape index (κ1) is 20.7. The second-order valence-electron chi connectivity index (χ2n) is 8.14. The number of nitrogens with zero attached hydrogens (tertiary/aromatic N) is 2. The summed E-state index contributed by atoms with van der Waals surface area (Å²) < 4.78 is 5.93. The monoisotopic (exact) mass is 390 g/mol. The van der Waals surface area contributed by atoms with Gasteiger partial charge < -0.3 is 4.42 Å². The van der Waals surface area contributed by atoms with Crippen LogP contribution < -0.4 is 5.43 Å². The Labute approximate surface area is 170 Å². The van der Waals surface area contributed by atoms with Crippen LogP contribution >= 0.6 is 0 Å². The molecule has 0 aliphatic carbocycles. The summed E-state index contributed by atoms with van der Waals surface area (Å²) in [6.07, 6.45) is 1.17. The molecule has 1 aliphatic heterocycles. The Morgan fingerprint density at radius 1 is 1.28 bits per heavy atom. The minimum atomic E-state index is -0.590. The predicted molar refractivity (Wildman–Crippen MR) is 114 cm³/mol. The summed E-state index contributed by atoms with van der Waals surface area (Å²) in [6, 6.07) is 9.13. The standard InChI is InChI=1S/C24H26N2O3/c1-13(2)9-10-20(27)22-16(5)26-15(4)19(12-25)23(22)18-8-6-7-17-21(28)11-14(3)29-24(17)18/h6-8,11,13,19,23H,9-10H2,1-5H3. The van der Waals surface area contributed by atoms with E-state index in [-0.39, 0.29) is 11.2 Å². The molecule has 2 atom stereocenters. The smallest absolute Gasteiger partial charge is 0.192 e. The Hall–Kier alpha value is -3.00. The number of rotatable bonds is 5. The molecule has 2 aromatic rings. The third-order valence-electron chi connectivity index (χ3n) is 5.46. The highest BCUT2D eigenvalue weighted by molar-refractivity contribution is 6.03. The van der Waals surface area contributed by atoms with E-state index in [0.29, 0.717) is 51.6 Å². The average molecular weight is 390 g/mol. The largest absolute Gasteiger partial charge is 0.461 e. The first-order valence-electron chi connectivity index (χ1n) is 9.96. The van der Waals surface area contributed by atoms with Gasteiger partial charge in [-0.25, -0.2) is 0 Å². The third kappa shape index (κ3) is 3.93. The van der Waals surface area contributed by atoms with Crippen molar-refractivity contribution in [2.75, 3.05) is 0 Å². The molecule has 0 radical (unpaired) electrons. The molecular weight excluding hydrogens is 364 g/mol. The number of hydrogen-bond donors (Lipinski definition) is 0. The van der Waals surface area contributed by atoms with Crippen LogP contribution in [0.3, 0.4) is 0 Å². The molecule has 0 fully saturated rings. The molecule has 2 unspecified atom stereocenters. The van der Waals surface area contributed by atoms with E-state index in [0.717, 1.165) is 6.42 Å². The maximum Gasteiger partial charge on any atom is 0.192 e. The first-order chi connectivity index (χ1) is 13.7. The summed E-state index contributed by atoms with van der Waals surface area (Å²) in [5.41, 5.74) is 2.87.